The lowest BCUT2D eigenvalue weighted by Crippen LogP contribution is -2.36. The first kappa shape index (κ1) is 20.6. The van der Waals surface area contributed by atoms with Crippen LogP contribution < -0.4 is 5.32 Å². The fourth-order valence-electron chi connectivity index (χ4n) is 3.74. The summed E-state index contributed by atoms with van der Waals surface area (Å²) in [6.07, 6.45) is 3.77. The van der Waals surface area contributed by atoms with Crippen LogP contribution in [0.5, 0.6) is 0 Å². The highest BCUT2D eigenvalue weighted by molar-refractivity contribution is 9.10. The van der Waals surface area contributed by atoms with Gasteiger partial charge in [0.2, 0.25) is 0 Å². The van der Waals surface area contributed by atoms with Crippen molar-refractivity contribution in [3.8, 4) is 5.69 Å². The Morgan fingerprint density at radius 1 is 1.23 bits per heavy atom. The molecule has 154 valence electrons. The summed E-state index contributed by atoms with van der Waals surface area (Å²) in [7, 11) is 0. The van der Waals surface area contributed by atoms with Gasteiger partial charge in [0.25, 0.3) is 0 Å². The lowest BCUT2D eigenvalue weighted by atomic mass is 10.0. The van der Waals surface area contributed by atoms with Crippen molar-refractivity contribution in [1.82, 2.24) is 19.8 Å². The van der Waals surface area contributed by atoms with E-state index < -0.39 is 0 Å². The number of benzene rings is 1. The van der Waals surface area contributed by atoms with Crippen LogP contribution in [0.2, 0.25) is 0 Å². The van der Waals surface area contributed by atoms with Crippen LogP contribution in [-0.2, 0) is 9.53 Å². The van der Waals surface area contributed by atoms with Crippen LogP contribution in [0, 0.1) is 0 Å². The highest BCUT2D eigenvalue weighted by atomic mass is 79.9. The third-order valence-corrected chi connectivity index (χ3v) is 5.82. The van der Waals surface area contributed by atoms with Crippen LogP contribution in [0.25, 0.3) is 5.69 Å². The molecule has 0 bridgehead atoms. The maximum absolute atomic E-state index is 12.3. The van der Waals surface area contributed by atoms with E-state index in [0.717, 1.165) is 21.5 Å². The number of nitrogens with one attached hydrogen (secondary N) is 1. The lowest BCUT2D eigenvalue weighted by molar-refractivity contribution is -0.143. The van der Waals surface area contributed by atoms with Crippen molar-refractivity contribution in [3.05, 3.63) is 82.9 Å². The Kier molecular flexibility index (Phi) is 6.15. The fourth-order valence-corrected chi connectivity index (χ4v) is 4.43. The van der Waals surface area contributed by atoms with Crippen molar-refractivity contribution in [3.63, 3.8) is 0 Å². The average Bonchev–Trinajstić information content (AvgIpc) is 3.34. The summed E-state index contributed by atoms with van der Waals surface area (Å²) in [4.78, 5) is 18.7. The second-order valence-electron chi connectivity index (χ2n) is 6.84. The standard InChI is InChI=1S/C22H21BrN4O2S/c1-2-29-19(28)14-27-21(20(25-22(27)30)17-9-3-4-11-24-17)18-10-6-12-26(18)16-8-5-7-15(23)13-16/h3-13,20-21H,2,14H2,1H3,(H,25,30). The molecule has 0 saturated carbocycles. The van der Waals surface area contributed by atoms with E-state index in [1.54, 1.807) is 13.1 Å². The SMILES string of the molecule is CCOC(=O)CN1C(=S)NC(c2ccccn2)C1c1cccn1-c1cccc(Br)c1. The molecule has 3 aromatic rings. The third kappa shape index (κ3) is 4.11. The first-order chi connectivity index (χ1) is 14.6. The zero-order chi connectivity index (χ0) is 21.1. The van der Waals surface area contributed by atoms with Crippen molar-refractivity contribution < 1.29 is 9.53 Å². The number of esters is 1. The Morgan fingerprint density at radius 3 is 2.83 bits per heavy atom. The maximum Gasteiger partial charge on any atom is 0.325 e. The molecule has 2 atom stereocenters. The Morgan fingerprint density at radius 2 is 2.10 bits per heavy atom. The molecule has 1 aliphatic heterocycles. The number of aromatic nitrogens is 2. The highest BCUT2D eigenvalue weighted by Gasteiger charge is 2.42. The molecule has 4 rings (SSSR count). The summed E-state index contributed by atoms with van der Waals surface area (Å²) in [6, 6.07) is 17.5. The van der Waals surface area contributed by atoms with Crippen LogP contribution >= 0.6 is 28.1 Å². The molecule has 3 heterocycles. The van der Waals surface area contributed by atoms with Crippen molar-refractivity contribution in [1.29, 1.82) is 0 Å². The number of nitrogens with zero attached hydrogens (tertiary/aromatic N) is 3. The van der Waals surface area contributed by atoms with Gasteiger partial charge < -0.3 is 19.5 Å². The summed E-state index contributed by atoms with van der Waals surface area (Å²) in [6.45, 7) is 2.19. The van der Waals surface area contributed by atoms with E-state index in [2.05, 4.69) is 42.9 Å². The van der Waals surface area contributed by atoms with Crippen molar-refractivity contribution >= 4 is 39.2 Å². The quantitative estimate of drug-likeness (QED) is 0.418. The van der Waals surface area contributed by atoms with Gasteiger partial charge in [0, 0.05) is 28.2 Å². The number of thiocarbonyl (C=S) groups is 1. The van der Waals surface area contributed by atoms with Gasteiger partial charge >= 0.3 is 5.97 Å². The monoisotopic (exact) mass is 484 g/mol. The number of rotatable bonds is 6. The Hall–Kier alpha value is -2.71. The molecule has 1 aliphatic rings. The second kappa shape index (κ2) is 8.97. The van der Waals surface area contributed by atoms with E-state index in [0.29, 0.717) is 11.7 Å². The van der Waals surface area contributed by atoms with Crippen LogP contribution in [0.1, 0.15) is 30.4 Å². The zero-order valence-corrected chi connectivity index (χ0v) is 18.8. The first-order valence-electron chi connectivity index (χ1n) is 9.65. The van der Waals surface area contributed by atoms with E-state index in [9.17, 15) is 4.79 Å². The molecule has 1 N–H and O–H groups in total. The van der Waals surface area contributed by atoms with Crippen LogP contribution in [-0.4, -0.2) is 38.7 Å². The van der Waals surface area contributed by atoms with E-state index in [1.807, 2.05) is 53.6 Å². The number of ether oxygens (including phenoxy) is 1. The lowest BCUT2D eigenvalue weighted by Gasteiger charge is -2.28. The summed E-state index contributed by atoms with van der Waals surface area (Å²) in [5.41, 5.74) is 2.87. The highest BCUT2D eigenvalue weighted by Crippen LogP contribution is 2.39. The van der Waals surface area contributed by atoms with E-state index in [-0.39, 0.29) is 24.6 Å². The number of carbonyl (C=O) groups excluding carboxylic acids is 1. The Labute approximate surface area is 189 Å². The summed E-state index contributed by atoms with van der Waals surface area (Å²) in [5.74, 6) is -0.311. The Balaban J connectivity index is 1.79. The van der Waals surface area contributed by atoms with Gasteiger partial charge in [-0.05, 0) is 61.6 Å². The molecule has 0 radical (unpaired) electrons. The largest absolute Gasteiger partial charge is 0.465 e. The summed E-state index contributed by atoms with van der Waals surface area (Å²) in [5, 5.41) is 3.87. The topological polar surface area (TPSA) is 59.4 Å². The van der Waals surface area contributed by atoms with E-state index >= 15 is 0 Å². The minimum atomic E-state index is -0.311. The van der Waals surface area contributed by atoms with Gasteiger partial charge in [0.05, 0.1) is 24.4 Å². The second-order valence-corrected chi connectivity index (χ2v) is 8.14. The predicted molar refractivity (Wildman–Crippen MR) is 122 cm³/mol. The van der Waals surface area contributed by atoms with Crippen LogP contribution in [0.3, 0.4) is 0 Å². The number of pyridine rings is 1. The number of hydrogen-bond acceptors (Lipinski definition) is 4. The molecule has 6 nitrogen and oxygen atoms in total. The number of carbonyl (C=O) groups is 1. The number of hydrogen-bond donors (Lipinski definition) is 1. The smallest absolute Gasteiger partial charge is 0.325 e. The third-order valence-electron chi connectivity index (χ3n) is 4.97. The molecular formula is C22H21BrN4O2S. The summed E-state index contributed by atoms with van der Waals surface area (Å²) >= 11 is 9.16. The van der Waals surface area contributed by atoms with Gasteiger partial charge in [-0.15, -0.1) is 0 Å². The molecule has 1 aromatic carbocycles. The maximum atomic E-state index is 12.3. The van der Waals surface area contributed by atoms with Crippen molar-refractivity contribution in [2.45, 2.75) is 19.0 Å². The molecule has 0 aliphatic carbocycles. The number of halogens is 1. The van der Waals surface area contributed by atoms with Gasteiger partial charge in [-0.2, -0.15) is 0 Å². The molecule has 2 unspecified atom stereocenters. The van der Waals surface area contributed by atoms with Crippen molar-refractivity contribution in [2.24, 2.45) is 0 Å². The normalized spacial score (nSPS) is 18.3. The summed E-state index contributed by atoms with van der Waals surface area (Å²) < 4.78 is 8.29. The molecule has 0 amide bonds. The van der Waals surface area contributed by atoms with Crippen LogP contribution in [0.15, 0.2) is 71.5 Å². The van der Waals surface area contributed by atoms with Gasteiger partial charge in [0.1, 0.15) is 6.54 Å². The average molecular weight is 485 g/mol. The van der Waals surface area contributed by atoms with Crippen molar-refractivity contribution in [2.75, 3.05) is 13.2 Å². The molecule has 2 aromatic heterocycles. The van der Waals surface area contributed by atoms with Gasteiger partial charge in [-0.3, -0.25) is 9.78 Å². The molecule has 30 heavy (non-hydrogen) atoms. The zero-order valence-electron chi connectivity index (χ0n) is 16.4. The van der Waals surface area contributed by atoms with E-state index in [4.69, 9.17) is 17.0 Å². The predicted octanol–water partition coefficient (Wildman–Crippen LogP) is 4.17. The van der Waals surface area contributed by atoms with Gasteiger partial charge in [0.15, 0.2) is 5.11 Å². The fraction of sp³-hybridized carbons (Fsp3) is 0.227. The minimum absolute atomic E-state index is 0.0668. The molecule has 0 spiro atoms. The van der Waals surface area contributed by atoms with Gasteiger partial charge in [-0.25, -0.2) is 0 Å². The molecule has 1 fully saturated rings. The Bertz CT molecular complexity index is 1060. The molecule has 8 heteroatoms. The minimum Gasteiger partial charge on any atom is -0.465 e. The van der Waals surface area contributed by atoms with Crippen LogP contribution in [0.4, 0.5) is 0 Å². The van der Waals surface area contributed by atoms with E-state index in [1.165, 1.54) is 0 Å². The molecule has 1 saturated heterocycles. The van der Waals surface area contributed by atoms with Gasteiger partial charge in [-0.1, -0.05) is 28.1 Å². The first-order valence-corrected chi connectivity index (χ1v) is 10.9. The molecular weight excluding hydrogens is 464 g/mol.